The number of hydrogen-bond donors (Lipinski definition) is 1. The molecule has 0 bridgehead atoms. The van der Waals surface area contributed by atoms with E-state index < -0.39 is 0 Å². The van der Waals surface area contributed by atoms with Gasteiger partial charge in [0.25, 0.3) is 0 Å². The summed E-state index contributed by atoms with van der Waals surface area (Å²) in [5.74, 6) is 0.823. The summed E-state index contributed by atoms with van der Waals surface area (Å²) in [6.07, 6.45) is 4.81. The predicted molar refractivity (Wildman–Crippen MR) is 134 cm³/mol. The van der Waals surface area contributed by atoms with E-state index in [1.807, 2.05) is 89.8 Å². The maximum absolute atomic E-state index is 12.7. The van der Waals surface area contributed by atoms with Gasteiger partial charge in [0, 0.05) is 31.6 Å². The number of benzene rings is 3. The first kappa shape index (κ1) is 23.3. The smallest absolute Gasteiger partial charge is 0.246 e. The molecule has 1 fully saturated rings. The number of para-hydroxylation sites is 1. The van der Waals surface area contributed by atoms with E-state index in [1.165, 1.54) is 0 Å². The summed E-state index contributed by atoms with van der Waals surface area (Å²) in [5.41, 5.74) is 3.10. The first-order valence-corrected chi connectivity index (χ1v) is 11.7. The third kappa shape index (κ3) is 6.82. The lowest BCUT2D eigenvalue weighted by atomic mass is 9.95. The molecular weight excluding hydrogens is 424 g/mol. The van der Waals surface area contributed by atoms with Crippen molar-refractivity contribution in [2.24, 2.45) is 5.92 Å². The van der Waals surface area contributed by atoms with Crippen LogP contribution < -0.4 is 10.1 Å². The number of ether oxygens (including phenoxy) is 1. The van der Waals surface area contributed by atoms with Crippen LogP contribution in [0.15, 0.2) is 91.0 Å². The summed E-state index contributed by atoms with van der Waals surface area (Å²) in [5, 5.41) is 3.06. The van der Waals surface area contributed by atoms with E-state index in [4.69, 9.17) is 4.74 Å². The van der Waals surface area contributed by atoms with Crippen LogP contribution in [0.1, 0.15) is 29.5 Å². The first-order valence-electron chi connectivity index (χ1n) is 11.7. The number of likely N-dealkylation sites (tertiary alicyclic amines) is 1. The van der Waals surface area contributed by atoms with Gasteiger partial charge in [-0.15, -0.1) is 0 Å². The highest BCUT2D eigenvalue weighted by Crippen LogP contribution is 2.19. The Labute approximate surface area is 201 Å². The van der Waals surface area contributed by atoms with Crippen molar-refractivity contribution in [3.8, 4) is 5.75 Å². The number of amides is 2. The Morgan fingerprint density at radius 1 is 0.882 bits per heavy atom. The molecule has 1 aliphatic rings. The molecule has 1 heterocycles. The Hall–Kier alpha value is -3.86. The third-order valence-corrected chi connectivity index (χ3v) is 6.00. The van der Waals surface area contributed by atoms with E-state index in [0.29, 0.717) is 39.1 Å². The Kier molecular flexibility index (Phi) is 8.12. The van der Waals surface area contributed by atoms with Gasteiger partial charge in [-0.2, -0.15) is 0 Å². The highest BCUT2D eigenvalue weighted by molar-refractivity contribution is 5.92. The molecule has 0 aromatic heterocycles. The zero-order chi connectivity index (χ0) is 23.6. The maximum Gasteiger partial charge on any atom is 0.246 e. The van der Waals surface area contributed by atoms with Crippen molar-refractivity contribution in [3.63, 3.8) is 0 Å². The first-order chi connectivity index (χ1) is 16.7. The second kappa shape index (κ2) is 11.8. The largest absolute Gasteiger partial charge is 0.489 e. The fourth-order valence-electron chi connectivity index (χ4n) is 4.05. The average molecular weight is 455 g/mol. The van der Waals surface area contributed by atoms with Crippen molar-refractivity contribution in [2.45, 2.75) is 26.0 Å². The number of piperidine rings is 1. The summed E-state index contributed by atoms with van der Waals surface area (Å²) in [4.78, 5) is 27.0. The molecule has 1 N–H and O–H groups in total. The molecule has 5 nitrogen and oxygen atoms in total. The van der Waals surface area contributed by atoms with E-state index >= 15 is 0 Å². The molecule has 0 radical (unpaired) electrons. The Bertz CT molecular complexity index is 1100. The van der Waals surface area contributed by atoms with Gasteiger partial charge in [0.1, 0.15) is 12.4 Å². The van der Waals surface area contributed by atoms with E-state index in [9.17, 15) is 9.59 Å². The molecule has 1 aliphatic heterocycles. The van der Waals surface area contributed by atoms with E-state index in [0.717, 1.165) is 22.4 Å². The van der Waals surface area contributed by atoms with Crippen LogP contribution in [-0.2, 0) is 22.7 Å². The molecule has 5 heteroatoms. The fourth-order valence-corrected chi connectivity index (χ4v) is 4.05. The van der Waals surface area contributed by atoms with Gasteiger partial charge in [-0.1, -0.05) is 72.8 Å². The minimum Gasteiger partial charge on any atom is -0.489 e. The van der Waals surface area contributed by atoms with Crippen molar-refractivity contribution < 1.29 is 14.3 Å². The summed E-state index contributed by atoms with van der Waals surface area (Å²) in [6.45, 7) is 2.17. The molecular formula is C29H30N2O3. The molecule has 0 spiro atoms. The van der Waals surface area contributed by atoms with Gasteiger partial charge in [-0.25, -0.2) is 0 Å². The summed E-state index contributed by atoms with van der Waals surface area (Å²) < 4.78 is 5.82. The molecule has 1 saturated heterocycles. The lowest BCUT2D eigenvalue weighted by molar-refractivity contribution is -0.132. The van der Waals surface area contributed by atoms with E-state index in [1.54, 1.807) is 6.08 Å². The normalized spacial score (nSPS) is 14.2. The molecule has 34 heavy (non-hydrogen) atoms. The minimum absolute atomic E-state index is 0.00255. The number of nitrogens with zero attached hydrogens (tertiary/aromatic N) is 1. The molecule has 3 aromatic carbocycles. The van der Waals surface area contributed by atoms with Gasteiger partial charge in [0.2, 0.25) is 11.8 Å². The number of rotatable bonds is 8. The monoisotopic (exact) mass is 454 g/mol. The van der Waals surface area contributed by atoms with Gasteiger partial charge in [-0.3, -0.25) is 9.59 Å². The molecule has 0 saturated carbocycles. The van der Waals surface area contributed by atoms with Gasteiger partial charge >= 0.3 is 0 Å². The Morgan fingerprint density at radius 3 is 2.29 bits per heavy atom. The lowest BCUT2D eigenvalue weighted by Gasteiger charge is -2.30. The van der Waals surface area contributed by atoms with Crippen LogP contribution in [-0.4, -0.2) is 29.8 Å². The van der Waals surface area contributed by atoms with Crippen LogP contribution in [0.4, 0.5) is 0 Å². The van der Waals surface area contributed by atoms with Gasteiger partial charge < -0.3 is 15.0 Å². The fraction of sp³-hybridized carbons (Fsp3) is 0.241. The Balaban J connectivity index is 1.21. The molecule has 0 atom stereocenters. The Morgan fingerprint density at radius 2 is 1.56 bits per heavy atom. The van der Waals surface area contributed by atoms with Crippen LogP contribution in [0, 0.1) is 5.92 Å². The second-order valence-electron chi connectivity index (χ2n) is 8.48. The molecule has 174 valence electrons. The van der Waals surface area contributed by atoms with Crippen LogP contribution in [0.2, 0.25) is 0 Å². The maximum atomic E-state index is 12.7. The lowest BCUT2D eigenvalue weighted by Crippen LogP contribution is -2.42. The van der Waals surface area contributed by atoms with Crippen molar-refractivity contribution in [3.05, 3.63) is 108 Å². The molecule has 3 aromatic rings. The topological polar surface area (TPSA) is 58.6 Å². The number of carbonyl (C=O) groups excluding carboxylic acids is 2. The minimum atomic E-state index is -0.0632. The van der Waals surface area contributed by atoms with Crippen LogP contribution >= 0.6 is 0 Å². The second-order valence-corrected chi connectivity index (χ2v) is 8.48. The number of hydrogen-bond acceptors (Lipinski definition) is 3. The van der Waals surface area contributed by atoms with Gasteiger partial charge in [0.05, 0.1) is 0 Å². The third-order valence-electron chi connectivity index (χ3n) is 6.00. The van der Waals surface area contributed by atoms with Crippen molar-refractivity contribution in [2.75, 3.05) is 13.1 Å². The van der Waals surface area contributed by atoms with Crippen LogP contribution in [0.3, 0.4) is 0 Å². The summed E-state index contributed by atoms with van der Waals surface area (Å²) >= 11 is 0. The summed E-state index contributed by atoms with van der Waals surface area (Å²) in [7, 11) is 0. The zero-order valence-electron chi connectivity index (χ0n) is 19.2. The van der Waals surface area contributed by atoms with E-state index in [-0.39, 0.29) is 17.7 Å². The highest BCUT2D eigenvalue weighted by Gasteiger charge is 2.26. The highest BCUT2D eigenvalue weighted by atomic mass is 16.5. The van der Waals surface area contributed by atoms with Gasteiger partial charge in [-0.05, 0) is 47.7 Å². The number of carbonyl (C=O) groups is 2. The SMILES string of the molecule is O=C(NCc1cccc(COc2ccccc2)c1)C1CCN(C(=O)/C=C/c2ccccc2)CC1. The predicted octanol–water partition coefficient (Wildman–Crippen LogP) is 4.83. The standard InChI is InChI=1S/C29H30N2O3/c32-28(15-14-23-8-3-1-4-9-23)31-18-16-26(17-19-31)29(33)30-21-24-10-7-11-25(20-24)22-34-27-12-5-2-6-13-27/h1-15,20,26H,16-19,21-22H2,(H,30,33)/b15-14+. The molecule has 2 amide bonds. The van der Waals surface area contributed by atoms with Crippen molar-refractivity contribution >= 4 is 17.9 Å². The molecule has 4 rings (SSSR count). The number of nitrogens with one attached hydrogen (secondary N) is 1. The molecule has 0 unspecified atom stereocenters. The summed E-state index contributed by atoms with van der Waals surface area (Å²) in [6, 6.07) is 27.6. The molecule has 0 aliphatic carbocycles. The zero-order valence-corrected chi connectivity index (χ0v) is 19.2. The quantitative estimate of drug-likeness (QED) is 0.496. The van der Waals surface area contributed by atoms with Crippen molar-refractivity contribution in [1.82, 2.24) is 10.2 Å². The van der Waals surface area contributed by atoms with Crippen molar-refractivity contribution in [1.29, 1.82) is 0 Å². The average Bonchev–Trinajstić information content (AvgIpc) is 2.91. The van der Waals surface area contributed by atoms with Crippen LogP contribution in [0.25, 0.3) is 6.08 Å². The van der Waals surface area contributed by atoms with Gasteiger partial charge in [0.15, 0.2) is 0 Å². The van der Waals surface area contributed by atoms with Crippen LogP contribution in [0.5, 0.6) is 5.75 Å². The van der Waals surface area contributed by atoms with E-state index in [2.05, 4.69) is 11.4 Å².